The molecule has 0 heterocycles. The molecule has 2 aromatic rings. The van der Waals surface area contributed by atoms with Gasteiger partial charge in [0, 0.05) is 22.9 Å². The minimum Gasteiger partial charge on any atom is -0.326 e. The molecule has 28 heavy (non-hydrogen) atoms. The average Bonchev–Trinajstić information content (AvgIpc) is 3.47. The van der Waals surface area contributed by atoms with E-state index in [1.54, 1.807) is 0 Å². The molecular weight excluding hydrogens is 397 g/mol. The van der Waals surface area contributed by atoms with Gasteiger partial charge in [-0.05, 0) is 49.2 Å². The van der Waals surface area contributed by atoms with Crippen molar-refractivity contribution in [1.29, 1.82) is 0 Å². The highest BCUT2D eigenvalue weighted by molar-refractivity contribution is 8.07. The number of anilines is 2. The van der Waals surface area contributed by atoms with E-state index >= 15 is 0 Å². The first-order chi connectivity index (χ1) is 13.1. The van der Waals surface area contributed by atoms with Gasteiger partial charge in [-0.25, -0.2) is 0 Å². The molecule has 1 saturated carbocycles. The van der Waals surface area contributed by atoms with Gasteiger partial charge >= 0.3 is 16.2 Å². The van der Waals surface area contributed by atoms with E-state index < -0.39 is 32.4 Å². The first kappa shape index (κ1) is 19.9. The SMILES string of the molecule is O=C(Nc1ccc(NS(=O)(=O)C(=O)c2ccccc2C(F)(F)F)cc1)C1CC1. The number of hydrogen-bond acceptors (Lipinski definition) is 4. The molecule has 0 bridgehead atoms. The fourth-order valence-electron chi connectivity index (χ4n) is 2.47. The smallest absolute Gasteiger partial charge is 0.326 e. The minimum atomic E-state index is -4.87. The van der Waals surface area contributed by atoms with Gasteiger partial charge in [0.2, 0.25) is 5.91 Å². The lowest BCUT2D eigenvalue weighted by Crippen LogP contribution is -2.25. The highest BCUT2D eigenvalue weighted by Gasteiger charge is 2.38. The van der Waals surface area contributed by atoms with Crippen molar-refractivity contribution >= 4 is 32.4 Å². The normalized spacial score (nSPS) is 14.4. The number of benzene rings is 2. The van der Waals surface area contributed by atoms with Gasteiger partial charge in [-0.15, -0.1) is 0 Å². The van der Waals surface area contributed by atoms with E-state index in [2.05, 4.69) is 5.32 Å². The lowest BCUT2D eigenvalue weighted by Gasteiger charge is -2.13. The van der Waals surface area contributed by atoms with Gasteiger partial charge in [0.05, 0.1) is 5.56 Å². The molecule has 1 amide bonds. The molecule has 0 atom stereocenters. The second kappa shape index (κ2) is 7.27. The zero-order valence-electron chi connectivity index (χ0n) is 14.3. The molecule has 2 aromatic carbocycles. The van der Waals surface area contributed by atoms with Gasteiger partial charge < -0.3 is 5.32 Å². The topological polar surface area (TPSA) is 92.3 Å². The Morgan fingerprint density at radius 1 is 0.929 bits per heavy atom. The van der Waals surface area contributed by atoms with Crippen LogP contribution in [0.3, 0.4) is 0 Å². The summed E-state index contributed by atoms with van der Waals surface area (Å²) in [7, 11) is -4.76. The maximum atomic E-state index is 13.0. The van der Waals surface area contributed by atoms with Gasteiger partial charge in [-0.2, -0.15) is 21.6 Å². The first-order valence-electron chi connectivity index (χ1n) is 8.22. The third-order valence-electron chi connectivity index (χ3n) is 4.05. The van der Waals surface area contributed by atoms with Crippen molar-refractivity contribution in [2.75, 3.05) is 10.0 Å². The summed E-state index contributed by atoms with van der Waals surface area (Å²) in [4.78, 5) is 23.9. The van der Waals surface area contributed by atoms with Crippen molar-refractivity contribution in [3.05, 3.63) is 59.7 Å². The molecule has 0 spiro atoms. The van der Waals surface area contributed by atoms with Crippen molar-refractivity contribution < 1.29 is 31.2 Å². The van der Waals surface area contributed by atoms with Crippen LogP contribution < -0.4 is 10.0 Å². The number of amides is 1. The Kier molecular flexibility index (Phi) is 5.16. The molecule has 10 heteroatoms. The molecule has 0 saturated heterocycles. The van der Waals surface area contributed by atoms with Crippen molar-refractivity contribution in [1.82, 2.24) is 0 Å². The lowest BCUT2D eigenvalue weighted by molar-refractivity contribution is -0.137. The molecule has 6 nitrogen and oxygen atoms in total. The monoisotopic (exact) mass is 412 g/mol. The van der Waals surface area contributed by atoms with E-state index in [9.17, 15) is 31.2 Å². The molecule has 2 N–H and O–H groups in total. The van der Waals surface area contributed by atoms with Crippen LogP contribution in [0.15, 0.2) is 48.5 Å². The van der Waals surface area contributed by atoms with Crippen LogP contribution in [0.4, 0.5) is 24.5 Å². The third kappa shape index (κ3) is 4.50. The second-order valence-electron chi connectivity index (χ2n) is 6.28. The highest BCUT2D eigenvalue weighted by atomic mass is 32.2. The van der Waals surface area contributed by atoms with Gasteiger partial charge in [0.25, 0.3) is 5.12 Å². The predicted molar refractivity (Wildman–Crippen MR) is 96.1 cm³/mol. The van der Waals surface area contributed by atoms with Crippen LogP contribution in [0.5, 0.6) is 0 Å². The van der Waals surface area contributed by atoms with E-state index in [0.717, 1.165) is 31.0 Å². The quantitative estimate of drug-likeness (QED) is 0.784. The number of carbonyl (C=O) groups is 2. The Bertz CT molecular complexity index is 1010. The molecular formula is C18H15F3N2O4S. The maximum Gasteiger partial charge on any atom is 0.417 e. The zero-order valence-corrected chi connectivity index (χ0v) is 15.1. The van der Waals surface area contributed by atoms with Crippen molar-refractivity contribution in [2.24, 2.45) is 5.92 Å². The largest absolute Gasteiger partial charge is 0.417 e. The molecule has 0 aliphatic heterocycles. The molecule has 1 fully saturated rings. The summed E-state index contributed by atoms with van der Waals surface area (Å²) in [6.07, 6.45) is -3.22. The Morgan fingerprint density at radius 2 is 1.50 bits per heavy atom. The van der Waals surface area contributed by atoms with E-state index in [-0.39, 0.29) is 17.5 Å². The Labute approximate surface area is 158 Å². The molecule has 1 aliphatic rings. The Morgan fingerprint density at radius 3 is 2.07 bits per heavy atom. The second-order valence-corrected chi connectivity index (χ2v) is 7.86. The van der Waals surface area contributed by atoms with E-state index in [1.807, 2.05) is 4.72 Å². The summed E-state index contributed by atoms with van der Waals surface area (Å²) < 4.78 is 65.5. The lowest BCUT2D eigenvalue weighted by atomic mass is 10.1. The first-order valence-corrected chi connectivity index (χ1v) is 9.70. The Balaban J connectivity index is 1.76. The van der Waals surface area contributed by atoms with Gasteiger partial charge in [-0.1, -0.05) is 12.1 Å². The molecule has 148 valence electrons. The molecule has 3 rings (SSSR count). The third-order valence-corrected chi connectivity index (χ3v) is 5.26. The van der Waals surface area contributed by atoms with Crippen molar-refractivity contribution in [3.63, 3.8) is 0 Å². The van der Waals surface area contributed by atoms with Crippen LogP contribution in [-0.2, 0) is 21.0 Å². The fraction of sp³-hybridized carbons (Fsp3) is 0.222. The minimum absolute atomic E-state index is 0.00972. The van der Waals surface area contributed by atoms with Crippen molar-refractivity contribution in [3.8, 4) is 0 Å². The molecule has 0 radical (unpaired) electrons. The highest BCUT2D eigenvalue weighted by Crippen LogP contribution is 2.33. The fourth-order valence-corrected chi connectivity index (χ4v) is 3.47. The molecule has 0 unspecified atom stereocenters. The van der Waals surface area contributed by atoms with Crippen LogP contribution in [0.1, 0.15) is 28.8 Å². The van der Waals surface area contributed by atoms with Gasteiger partial charge in [-0.3, -0.25) is 14.3 Å². The Hall–Kier alpha value is -2.88. The number of rotatable bonds is 5. The van der Waals surface area contributed by atoms with Crippen LogP contribution >= 0.6 is 0 Å². The van der Waals surface area contributed by atoms with Crippen LogP contribution in [-0.4, -0.2) is 19.4 Å². The van der Waals surface area contributed by atoms with E-state index in [1.165, 1.54) is 24.3 Å². The number of hydrogen-bond donors (Lipinski definition) is 2. The molecule has 1 aliphatic carbocycles. The number of sulfonamides is 1. The standard InChI is InChI=1S/C18H15F3N2O4S/c19-18(20,21)15-4-2-1-3-14(15)17(25)28(26,27)23-13-9-7-12(8-10-13)22-16(24)11-5-6-11/h1-4,7-11,23H,5-6H2,(H,22,24). The summed E-state index contributed by atoms with van der Waals surface area (Å²) in [6, 6.07) is 9.09. The average molecular weight is 412 g/mol. The number of nitrogens with one attached hydrogen (secondary N) is 2. The van der Waals surface area contributed by atoms with Gasteiger partial charge in [0.1, 0.15) is 0 Å². The summed E-state index contributed by atoms with van der Waals surface area (Å²) in [6.45, 7) is 0. The van der Waals surface area contributed by atoms with Crippen LogP contribution in [0, 0.1) is 5.92 Å². The van der Waals surface area contributed by atoms with E-state index in [0.29, 0.717) is 11.8 Å². The number of alkyl halides is 3. The van der Waals surface area contributed by atoms with E-state index in [4.69, 9.17) is 0 Å². The maximum absolute atomic E-state index is 13.0. The zero-order chi connectivity index (χ0) is 20.5. The number of carbonyl (C=O) groups excluding carboxylic acids is 2. The summed E-state index contributed by atoms with van der Waals surface area (Å²) in [5, 5.41) is 0.970. The van der Waals surface area contributed by atoms with Crippen LogP contribution in [0.25, 0.3) is 0 Å². The molecule has 0 aromatic heterocycles. The predicted octanol–water partition coefficient (Wildman–Crippen LogP) is 3.64. The van der Waals surface area contributed by atoms with Gasteiger partial charge in [0.15, 0.2) is 0 Å². The summed E-state index contributed by atoms with van der Waals surface area (Å²) >= 11 is 0. The van der Waals surface area contributed by atoms with Crippen molar-refractivity contribution in [2.45, 2.75) is 19.0 Å². The number of halogens is 3. The van der Waals surface area contributed by atoms with Crippen LogP contribution in [0.2, 0.25) is 0 Å². The summed E-state index contributed by atoms with van der Waals surface area (Å²) in [5.41, 5.74) is -1.88. The summed E-state index contributed by atoms with van der Waals surface area (Å²) in [5.74, 6) is -0.142.